The van der Waals surface area contributed by atoms with Crippen molar-refractivity contribution in [2.24, 2.45) is 5.92 Å². The fourth-order valence-electron chi connectivity index (χ4n) is 2.93. The Kier molecular flexibility index (Phi) is 3.19. The van der Waals surface area contributed by atoms with Crippen molar-refractivity contribution in [3.05, 3.63) is 59.3 Å². The molecule has 2 aromatic rings. The first-order chi connectivity index (χ1) is 9.84. The molecule has 3 rings (SSSR count). The van der Waals surface area contributed by atoms with Crippen molar-refractivity contribution in [1.82, 2.24) is 4.98 Å². The van der Waals surface area contributed by atoms with E-state index < -0.39 is 11.9 Å². The molecule has 4 heteroatoms. The summed E-state index contributed by atoms with van der Waals surface area (Å²) in [6.07, 6.45) is 2.04. The number of allylic oxidation sites excluding steroid dienone is 4. The highest BCUT2D eigenvalue weighted by atomic mass is 19.4. The normalized spacial score (nSPS) is 22.6. The number of hydrogen-bond acceptors (Lipinski definition) is 0. The molecule has 1 aromatic carbocycles. The second-order valence-electron chi connectivity index (χ2n) is 5.68. The summed E-state index contributed by atoms with van der Waals surface area (Å²) in [5.41, 5.74) is 2.09. The summed E-state index contributed by atoms with van der Waals surface area (Å²) >= 11 is 0. The number of H-pyrrole nitrogens is 1. The standard InChI is InChI=1S/C17H16F3N/c1-10-3-5-14(11(2)7-10)12-4-6-15-13(8-12)9-16(21-15)17(18,19)20/h3-9,11,14,21H,1-2H3/t11?,14-/m0/s1. The van der Waals surface area contributed by atoms with Crippen LogP contribution < -0.4 is 0 Å². The zero-order chi connectivity index (χ0) is 15.2. The molecule has 1 heterocycles. The van der Waals surface area contributed by atoms with E-state index in [9.17, 15) is 13.2 Å². The van der Waals surface area contributed by atoms with E-state index in [1.165, 1.54) is 11.6 Å². The zero-order valence-corrected chi connectivity index (χ0v) is 11.8. The predicted octanol–water partition coefficient (Wildman–Crippen LogP) is 5.42. The minimum Gasteiger partial charge on any atom is -0.351 e. The monoisotopic (exact) mass is 291 g/mol. The van der Waals surface area contributed by atoms with Gasteiger partial charge >= 0.3 is 6.18 Å². The number of aromatic amines is 1. The average Bonchev–Trinajstić information content (AvgIpc) is 2.81. The van der Waals surface area contributed by atoms with Crippen LogP contribution in [0.15, 0.2) is 48.1 Å². The van der Waals surface area contributed by atoms with Gasteiger partial charge in [0.25, 0.3) is 0 Å². The van der Waals surface area contributed by atoms with E-state index in [0.29, 0.717) is 16.8 Å². The number of benzene rings is 1. The Balaban J connectivity index is 2.00. The molecule has 0 aliphatic heterocycles. The number of alkyl halides is 3. The molecule has 1 aromatic heterocycles. The fourth-order valence-corrected chi connectivity index (χ4v) is 2.93. The molecule has 2 atom stereocenters. The maximum atomic E-state index is 12.7. The SMILES string of the molecule is CC1=CC(C)[C@@H](c2ccc3[nH]c(C(F)(F)F)cc3c2)C=C1. The quantitative estimate of drug-likeness (QED) is 0.721. The maximum Gasteiger partial charge on any atom is 0.431 e. The van der Waals surface area contributed by atoms with Crippen molar-refractivity contribution in [3.63, 3.8) is 0 Å². The molecular formula is C17H16F3N. The highest BCUT2D eigenvalue weighted by Gasteiger charge is 2.32. The van der Waals surface area contributed by atoms with Crippen LogP contribution in [0.4, 0.5) is 13.2 Å². The van der Waals surface area contributed by atoms with Crippen LogP contribution in [0.5, 0.6) is 0 Å². The Morgan fingerprint density at radius 2 is 1.90 bits per heavy atom. The summed E-state index contributed by atoms with van der Waals surface area (Å²) < 4.78 is 38.2. The van der Waals surface area contributed by atoms with Crippen LogP contribution in [0.1, 0.15) is 31.0 Å². The molecule has 1 aliphatic carbocycles. The molecule has 21 heavy (non-hydrogen) atoms. The van der Waals surface area contributed by atoms with Crippen LogP contribution in [-0.4, -0.2) is 4.98 Å². The molecule has 1 aliphatic rings. The summed E-state index contributed by atoms with van der Waals surface area (Å²) in [5.74, 6) is 0.552. The van der Waals surface area contributed by atoms with E-state index in [1.807, 2.05) is 19.1 Å². The van der Waals surface area contributed by atoms with E-state index in [4.69, 9.17) is 0 Å². The molecule has 0 saturated carbocycles. The van der Waals surface area contributed by atoms with Gasteiger partial charge < -0.3 is 4.98 Å². The first-order valence-electron chi connectivity index (χ1n) is 6.91. The van der Waals surface area contributed by atoms with Crippen LogP contribution in [-0.2, 0) is 6.18 Å². The molecule has 0 bridgehead atoms. The molecule has 0 amide bonds. The third-order valence-corrected chi connectivity index (χ3v) is 3.99. The van der Waals surface area contributed by atoms with E-state index in [0.717, 1.165) is 5.56 Å². The summed E-state index contributed by atoms with van der Waals surface area (Å²) in [6, 6.07) is 6.66. The number of rotatable bonds is 1. The van der Waals surface area contributed by atoms with E-state index >= 15 is 0 Å². The number of fused-ring (bicyclic) bond motifs is 1. The third-order valence-electron chi connectivity index (χ3n) is 3.99. The molecule has 110 valence electrons. The number of halogens is 3. The van der Waals surface area contributed by atoms with Gasteiger partial charge in [-0.1, -0.05) is 36.8 Å². The lowest BCUT2D eigenvalue weighted by molar-refractivity contribution is -0.140. The number of hydrogen-bond donors (Lipinski definition) is 1. The first kappa shape index (κ1) is 14.0. The lowest BCUT2D eigenvalue weighted by atomic mass is 9.82. The third kappa shape index (κ3) is 2.62. The van der Waals surface area contributed by atoms with E-state index in [1.54, 1.807) is 6.07 Å². The summed E-state index contributed by atoms with van der Waals surface area (Å²) in [6.45, 7) is 4.17. The highest BCUT2D eigenvalue weighted by Crippen LogP contribution is 2.35. The topological polar surface area (TPSA) is 15.8 Å². The molecule has 0 radical (unpaired) electrons. The highest BCUT2D eigenvalue weighted by molar-refractivity contribution is 5.81. The average molecular weight is 291 g/mol. The Morgan fingerprint density at radius 3 is 2.57 bits per heavy atom. The minimum atomic E-state index is -4.34. The summed E-state index contributed by atoms with van der Waals surface area (Å²) in [5, 5.41) is 0.603. The summed E-state index contributed by atoms with van der Waals surface area (Å²) in [4.78, 5) is 2.43. The van der Waals surface area contributed by atoms with E-state index in [2.05, 4.69) is 30.1 Å². The van der Waals surface area contributed by atoms with Crippen molar-refractivity contribution >= 4 is 10.9 Å². The smallest absolute Gasteiger partial charge is 0.351 e. The van der Waals surface area contributed by atoms with Gasteiger partial charge in [-0.2, -0.15) is 13.2 Å². The van der Waals surface area contributed by atoms with Gasteiger partial charge in [-0.15, -0.1) is 0 Å². The second kappa shape index (κ2) is 4.79. The number of nitrogens with one attached hydrogen (secondary N) is 1. The van der Waals surface area contributed by atoms with Crippen LogP contribution in [0.2, 0.25) is 0 Å². The van der Waals surface area contributed by atoms with Gasteiger partial charge in [-0.3, -0.25) is 0 Å². The molecule has 0 saturated heterocycles. The van der Waals surface area contributed by atoms with Crippen molar-refractivity contribution in [2.45, 2.75) is 25.9 Å². The van der Waals surface area contributed by atoms with Gasteiger partial charge in [-0.05, 0) is 36.6 Å². The second-order valence-corrected chi connectivity index (χ2v) is 5.68. The maximum absolute atomic E-state index is 12.7. The number of aromatic nitrogens is 1. The molecule has 0 fully saturated rings. The Bertz CT molecular complexity index is 734. The first-order valence-corrected chi connectivity index (χ1v) is 6.91. The van der Waals surface area contributed by atoms with Crippen molar-refractivity contribution in [3.8, 4) is 0 Å². The van der Waals surface area contributed by atoms with E-state index in [-0.39, 0.29) is 5.92 Å². The van der Waals surface area contributed by atoms with Gasteiger partial charge in [0.1, 0.15) is 5.69 Å². The zero-order valence-electron chi connectivity index (χ0n) is 11.8. The summed E-state index contributed by atoms with van der Waals surface area (Å²) in [7, 11) is 0. The largest absolute Gasteiger partial charge is 0.431 e. The van der Waals surface area contributed by atoms with Crippen molar-refractivity contribution < 1.29 is 13.2 Å². The molecule has 1 N–H and O–H groups in total. The fraction of sp³-hybridized carbons (Fsp3) is 0.294. The van der Waals surface area contributed by atoms with Gasteiger partial charge in [0.15, 0.2) is 0 Å². The lowest BCUT2D eigenvalue weighted by Gasteiger charge is -2.22. The molecule has 1 unspecified atom stereocenters. The molecule has 0 spiro atoms. The van der Waals surface area contributed by atoms with Gasteiger partial charge in [0.05, 0.1) is 0 Å². The lowest BCUT2D eigenvalue weighted by Crippen LogP contribution is -2.08. The Morgan fingerprint density at radius 1 is 1.14 bits per heavy atom. The van der Waals surface area contributed by atoms with Gasteiger partial charge in [-0.25, -0.2) is 0 Å². The van der Waals surface area contributed by atoms with Crippen molar-refractivity contribution in [1.29, 1.82) is 0 Å². The Hall–Kier alpha value is -1.97. The minimum absolute atomic E-state index is 0.210. The van der Waals surface area contributed by atoms with Crippen LogP contribution in [0, 0.1) is 5.92 Å². The van der Waals surface area contributed by atoms with Crippen LogP contribution in [0.25, 0.3) is 10.9 Å². The van der Waals surface area contributed by atoms with Gasteiger partial charge in [0.2, 0.25) is 0 Å². The van der Waals surface area contributed by atoms with Crippen LogP contribution >= 0.6 is 0 Å². The molecule has 1 nitrogen and oxygen atoms in total. The van der Waals surface area contributed by atoms with Crippen molar-refractivity contribution in [2.75, 3.05) is 0 Å². The Labute approximate surface area is 121 Å². The van der Waals surface area contributed by atoms with Crippen LogP contribution in [0.3, 0.4) is 0 Å². The molecular weight excluding hydrogens is 275 g/mol. The predicted molar refractivity (Wildman–Crippen MR) is 78.1 cm³/mol. The van der Waals surface area contributed by atoms with Gasteiger partial charge in [0, 0.05) is 16.8 Å².